The highest BCUT2D eigenvalue weighted by molar-refractivity contribution is 7.89. The molecular formula is C21H27ClN2O5S. The van der Waals surface area contributed by atoms with Crippen LogP contribution < -0.4 is 14.8 Å². The minimum absolute atomic E-state index is 0.00815. The molecule has 1 unspecified atom stereocenters. The van der Waals surface area contributed by atoms with Gasteiger partial charge in [0.05, 0.1) is 36.2 Å². The molecule has 7 nitrogen and oxygen atoms in total. The Morgan fingerprint density at radius 2 is 1.83 bits per heavy atom. The van der Waals surface area contributed by atoms with Crippen LogP contribution in [0.15, 0.2) is 47.4 Å². The Morgan fingerprint density at radius 1 is 1.17 bits per heavy atom. The molecule has 0 aliphatic rings. The fourth-order valence-corrected chi connectivity index (χ4v) is 4.59. The summed E-state index contributed by atoms with van der Waals surface area (Å²) in [5, 5.41) is 3.03. The topological polar surface area (TPSA) is 84.9 Å². The van der Waals surface area contributed by atoms with Crippen molar-refractivity contribution in [3.63, 3.8) is 0 Å². The van der Waals surface area contributed by atoms with Gasteiger partial charge in [0.15, 0.2) is 0 Å². The number of ether oxygens (including phenoxy) is 2. The second-order valence-electron chi connectivity index (χ2n) is 6.52. The number of rotatable bonds is 10. The molecule has 0 aliphatic heterocycles. The zero-order chi connectivity index (χ0) is 22.3. The second-order valence-corrected chi connectivity index (χ2v) is 8.86. The van der Waals surface area contributed by atoms with Crippen molar-refractivity contribution in [1.29, 1.82) is 0 Å². The number of benzene rings is 2. The van der Waals surface area contributed by atoms with E-state index in [0.29, 0.717) is 12.4 Å². The first-order chi connectivity index (χ1) is 14.2. The highest BCUT2D eigenvalue weighted by Gasteiger charge is 2.26. The van der Waals surface area contributed by atoms with Crippen molar-refractivity contribution in [2.75, 3.05) is 26.8 Å². The molecule has 0 radical (unpaired) electrons. The van der Waals surface area contributed by atoms with Crippen LogP contribution in [0.4, 0.5) is 0 Å². The van der Waals surface area contributed by atoms with E-state index in [1.165, 1.54) is 18.2 Å². The molecule has 1 amide bonds. The normalized spacial score (nSPS) is 12.5. The van der Waals surface area contributed by atoms with E-state index in [9.17, 15) is 13.2 Å². The van der Waals surface area contributed by atoms with E-state index in [0.717, 1.165) is 15.6 Å². The van der Waals surface area contributed by atoms with Gasteiger partial charge >= 0.3 is 0 Å². The molecule has 0 saturated heterocycles. The van der Waals surface area contributed by atoms with Crippen molar-refractivity contribution < 1.29 is 22.7 Å². The lowest BCUT2D eigenvalue weighted by Crippen LogP contribution is -2.41. The Bertz CT molecular complexity index is 964. The average molecular weight is 455 g/mol. The molecule has 0 bridgehead atoms. The molecule has 30 heavy (non-hydrogen) atoms. The van der Waals surface area contributed by atoms with Crippen molar-refractivity contribution in [1.82, 2.24) is 9.62 Å². The zero-order valence-corrected chi connectivity index (χ0v) is 19.1. The number of hydrogen-bond donors (Lipinski definition) is 1. The van der Waals surface area contributed by atoms with Gasteiger partial charge in [0.25, 0.3) is 0 Å². The van der Waals surface area contributed by atoms with E-state index in [2.05, 4.69) is 5.32 Å². The SMILES string of the molecule is CCOc1ccc(S(=O)(=O)N(CC)CC(=O)NC(C)c2ccc(OC)cc2)cc1Cl. The van der Waals surface area contributed by atoms with Crippen LogP contribution in [0.3, 0.4) is 0 Å². The lowest BCUT2D eigenvalue weighted by Gasteiger charge is -2.22. The maximum absolute atomic E-state index is 13.0. The summed E-state index contributed by atoms with van der Waals surface area (Å²) in [7, 11) is -2.31. The van der Waals surface area contributed by atoms with Gasteiger partial charge in [-0.15, -0.1) is 0 Å². The van der Waals surface area contributed by atoms with Gasteiger partial charge in [-0.2, -0.15) is 4.31 Å². The quantitative estimate of drug-likeness (QED) is 0.592. The molecule has 9 heteroatoms. The first kappa shape index (κ1) is 24.0. The summed E-state index contributed by atoms with van der Waals surface area (Å²) < 4.78 is 37.5. The lowest BCUT2D eigenvalue weighted by atomic mass is 10.1. The van der Waals surface area contributed by atoms with E-state index in [1.54, 1.807) is 26.2 Å². The number of carbonyl (C=O) groups excluding carboxylic acids is 1. The minimum atomic E-state index is -3.89. The molecule has 2 aromatic carbocycles. The van der Waals surface area contributed by atoms with Crippen LogP contribution in [0.25, 0.3) is 0 Å². The largest absolute Gasteiger partial charge is 0.497 e. The monoisotopic (exact) mass is 454 g/mol. The fourth-order valence-electron chi connectivity index (χ4n) is 2.85. The molecule has 0 heterocycles. The molecule has 0 saturated carbocycles. The maximum Gasteiger partial charge on any atom is 0.243 e. The Hall–Kier alpha value is -2.29. The number of amides is 1. The van der Waals surface area contributed by atoms with Gasteiger partial charge in [-0.3, -0.25) is 4.79 Å². The van der Waals surface area contributed by atoms with E-state index in [-0.39, 0.29) is 29.0 Å². The summed E-state index contributed by atoms with van der Waals surface area (Å²) in [5.74, 6) is 0.725. The van der Waals surface area contributed by atoms with Gasteiger partial charge in [-0.25, -0.2) is 8.42 Å². The number of methoxy groups -OCH3 is 1. The molecule has 0 fully saturated rings. The number of hydrogen-bond acceptors (Lipinski definition) is 5. The summed E-state index contributed by atoms with van der Waals surface area (Å²) in [6.45, 7) is 5.57. The molecule has 1 N–H and O–H groups in total. The van der Waals surface area contributed by atoms with Crippen LogP contribution >= 0.6 is 11.6 Å². The van der Waals surface area contributed by atoms with E-state index >= 15 is 0 Å². The minimum Gasteiger partial charge on any atom is -0.497 e. The standard InChI is InChI=1S/C21H27ClN2O5S/c1-5-24(30(26,27)18-11-12-20(29-6-2)19(22)13-18)14-21(25)23-15(3)16-7-9-17(28-4)10-8-16/h7-13,15H,5-6,14H2,1-4H3,(H,23,25). The number of likely N-dealkylation sites (N-methyl/N-ethyl adjacent to an activating group) is 1. The van der Waals surface area contributed by atoms with Gasteiger partial charge in [-0.1, -0.05) is 30.7 Å². The van der Waals surface area contributed by atoms with Gasteiger partial charge in [-0.05, 0) is 49.7 Å². The fraction of sp³-hybridized carbons (Fsp3) is 0.381. The Kier molecular flexibility index (Phi) is 8.52. The summed E-state index contributed by atoms with van der Waals surface area (Å²) >= 11 is 6.13. The molecule has 2 aromatic rings. The predicted molar refractivity (Wildman–Crippen MR) is 117 cm³/mol. The second kappa shape index (κ2) is 10.7. The maximum atomic E-state index is 13.0. The van der Waals surface area contributed by atoms with E-state index in [4.69, 9.17) is 21.1 Å². The van der Waals surface area contributed by atoms with Crippen LogP contribution in [0.2, 0.25) is 5.02 Å². The number of halogens is 1. The summed E-state index contributed by atoms with van der Waals surface area (Å²) in [4.78, 5) is 12.5. The molecule has 164 valence electrons. The molecule has 0 spiro atoms. The first-order valence-corrected chi connectivity index (χ1v) is 11.4. The molecule has 0 aromatic heterocycles. The molecule has 2 rings (SSSR count). The number of nitrogens with zero attached hydrogens (tertiary/aromatic N) is 1. The third-order valence-electron chi connectivity index (χ3n) is 4.51. The van der Waals surface area contributed by atoms with Crippen LogP contribution in [-0.2, 0) is 14.8 Å². The number of sulfonamides is 1. The van der Waals surface area contributed by atoms with Crippen molar-refractivity contribution in [3.05, 3.63) is 53.1 Å². The third kappa shape index (κ3) is 5.87. The Balaban J connectivity index is 2.10. The number of nitrogens with one attached hydrogen (secondary N) is 1. The van der Waals surface area contributed by atoms with Gasteiger partial charge in [0.2, 0.25) is 15.9 Å². The molecule has 1 atom stereocenters. The summed E-state index contributed by atoms with van der Waals surface area (Å²) in [6.07, 6.45) is 0. The van der Waals surface area contributed by atoms with Crippen LogP contribution in [0, 0.1) is 0 Å². The number of carbonyl (C=O) groups is 1. The molecular weight excluding hydrogens is 428 g/mol. The van der Waals surface area contributed by atoms with E-state index in [1.807, 2.05) is 26.0 Å². The lowest BCUT2D eigenvalue weighted by molar-refractivity contribution is -0.121. The van der Waals surface area contributed by atoms with Gasteiger partial charge < -0.3 is 14.8 Å². The van der Waals surface area contributed by atoms with Crippen molar-refractivity contribution in [2.24, 2.45) is 0 Å². The van der Waals surface area contributed by atoms with Crippen LogP contribution in [0.5, 0.6) is 11.5 Å². The van der Waals surface area contributed by atoms with Crippen LogP contribution in [0.1, 0.15) is 32.4 Å². The summed E-state index contributed by atoms with van der Waals surface area (Å²) in [5.41, 5.74) is 0.883. The summed E-state index contributed by atoms with van der Waals surface area (Å²) in [6, 6.07) is 11.3. The van der Waals surface area contributed by atoms with Crippen LogP contribution in [-0.4, -0.2) is 45.4 Å². The van der Waals surface area contributed by atoms with Gasteiger partial charge in [0.1, 0.15) is 11.5 Å². The Labute approximate surface area is 183 Å². The first-order valence-electron chi connectivity index (χ1n) is 9.58. The Morgan fingerprint density at radius 3 is 2.37 bits per heavy atom. The third-order valence-corrected chi connectivity index (χ3v) is 6.72. The highest BCUT2D eigenvalue weighted by Crippen LogP contribution is 2.28. The molecule has 0 aliphatic carbocycles. The van der Waals surface area contributed by atoms with Crippen molar-refractivity contribution >= 4 is 27.5 Å². The van der Waals surface area contributed by atoms with Gasteiger partial charge in [0, 0.05) is 6.54 Å². The zero-order valence-electron chi connectivity index (χ0n) is 17.5. The average Bonchev–Trinajstić information content (AvgIpc) is 2.73. The highest BCUT2D eigenvalue weighted by atomic mass is 35.5. The van der Waals surface area contributed by atoms with Crippen molar-refractivity contribution in [2.45, 2.75) is 31.7 Å². The smallest absolute Gasteiger partial charge is 0.243 e. The van der Waals surface area contributed by atoms with Crippen molar-refractivity contribution in [3.8, 4) is 11.5 Å². The predicted octanol–water partition coefficient (Wildman–Crippen LogP) is 3.64. The van der Waals surface area contributed by atoms with E-state index < -0.39 is 15.9 Å².